The molecule has 0 aliphatic carbocycles. The van der Waals surface area contributed by atoms with E-state index in [0.717, 1.165) is 55.2 Å². The minimum atomic E-state index is -4.32. The van der Waals surface area contributed by atoms with Crippen LogP contribution < -0.4 is 0 Å². The van der Waals surface area contributed by atoms with Crippen LogP contribution in [-0.2, 0) is 49.6 Å². The molecule has 0 bridgehead atoms. The van der Waals surface area contributed by atoms with Crippen LogP contribution in [0.3, 0.4) is 0 Å². The van der Waals surface area contributed by atoms with Crippen molar-refractivity contribution in [3.05, 3.63) is 89.5 Å². The smallest absolute Gasteiger partial charge is 0.744 e. The van der Waals surface area contributed by atoms with Crippen molar-refractivity contribution in [3.63, 3.8) is 0 Å². The average molecular weight is 1160 g/mol. The van der Waals surface area contributed by atoms with Crippen molar-refractivity contribution < 1.29 is 74.5 Å². The maximum Gasteiger partial charge on any atom is 3.00 e. The molecule has 3 aromatic carbocycles. The van der Waals surface area contributed by atoms with Crippen molar-refractivity contribution in [2.24, 2.45) is 0 Å². The van der Waals surface area contributed by atoms with E-state index in [1.165, 1.54) is 229 Å². The van der Waals surface area contributed by atoms with Gasteiger partial charge in [-0.2, -0.15) is 0 Å². The molecule has 0 N–H and O–H groups in total. The Morgan fingerprint density at radius 2 is 0.400 bits per heavy atom. The molecule has 70 heavy (non-hydrogen) atoms. The van der Waals surface area contributed by atoms with Gasteiger partial charge < -0.3 is 13.7 Å². The molecule has 0 aliphatic heterocycles. The summed E-state index contributed by atoms with van der Waals surface area (Å²) >= 11 is 0. The summed E-state index contributed by atoms with van der Waals surface area (Å²) in [4.78, 5) is -0.416. The van der Waals surface area contributed by atoms with Crippen LogP contribution >= 0.6 is 0 Å². The Labute approximate surface area is 457 Å². The largest absolute Gasteiger partial charge is 3.00 e. The summed E-state index contributed by atoms with van der Waals surface area (Å²) < 4.78 is 97.6. The summed E-state index contributed by atoms with van der Waals surface area (Å²) in [6, 6.07) is 19.0. The zero-order valence-electron chi connectivity index (χ0n) is 43.9. The molecular formula is C57H93LaO9S3. The van der Waals surface area contributed by atoms with E-state index >= 15 is 0 Å². The molecule has 0 aromatic heterocycles. The first-order valence-corrected chi connectivity index (χ1v) is 31.5. The van der Waals surface area contributed by atoms with Gasteiger partial charge >= 0.3 is 35.6 Å². The number of unbranched alkanes of at least 4 members (excludes halogenated alkanes) is 30. The fourth-order valence-corrected chi connectivity index (χ4v) is 9.86. The van der Waals surface area contributed by atoms with Gasteiger partial charge in [-0.3, -0.25) is 0 Å². The molecule has 0 atom stereocenters. The van der Waals surface area contributed by atoms with E-state index in [1.54, 1.807) is 36.4 Å². The standard InChI is InChI=1S/3C19H32O3S.La/c3*1-2-3-4-5-6-7-8-9-10-11-12-13-18-14-16-19(17-15-18)23(20,21)22;/h3*14-17H,2-13H2,1H3,(H,20,21,22);/q;;;+3/p-3. The minimum absolute atomic E-state index is 0. The minimum Gasteiger partial charge on any atom is -0.744 e. The molecule has 0 radical (unpaired) electrons. The van der Waals surface area contributed by atoms with Gasteiger partial charge in [0.1, 0.15) is 30.4 Å². The Balaban J connectivity index is 0.00000101. The molecule has 0 spiro atoms. The third-order valence-electron chi connectivity index (χ3n) is 12.8. The Morgan fingerprint density at radius 3 is 0.543 bits per heavy atom. The van der Waals surface area contributed by atoms with Gasteiger partial charge in [-0.1, -0.05) is 250 Å². The van der Waals surface area contributed by atoms with E-state index in [9.17, 15) is 38.9 Å². The van der Waals surface area contributed by atoms with Crippen molar-refractivity contribution in [1.82, 2.24) is 0 Å². The fraction of sp³-hybridized carbons (Fsp3) is 0.684. The first-order valence-electron chi connectivity index (χ1n) is 27.3. The third kappa shape index (κ3) is 39.1. The van der Waals surface area contributed by atoms with Crippen LogP contribution in [0.5, 0.6) is 0 Å². The molecule has 3 rings (SSSR count). The van der Waals surface area contributed by atoms with Gasteiger partial charge in [-0.25, -0.2) is 25.3 Å². The van der Waals surface area contributed by atoms with E-state index in [0.29, 0.717) is 0 Å². The summed E-state index contributed by atoms with van der Waals surface area (Å²) in [6.07, 6.45) is 46.4. The second kappa shape index (κ2) is 43.9. The quantitative estimate of drug-likeness (QED) is 0.0398. The molecule has 0 unspecified atom stereocenters. The predicted molar refractivity (Wildman–Crippen MR) is 284 cm³/mol. The van der Waals surface area contributed by atoms with Gasteiger partial charge in [0.15, 0.2) is 0 Å². The van der Waals surface area contributed by atoms with Crippen LogP contribution in [0.4, 0.5) is 0 Å². The molecule has 0 fully saturated rings. The SMILES string of the molecule is CCCCCCCCCCCCCc1ccc(S(=O)(=O)[O-])cc1.CCCCCCCCCCCCCc1ccc(S(=O)(=O)[O-])cc1.CCCCCCCCCCCCCc1ccc(S(=O)(=O)[O-])cc1.[La+3]. The Morgan fingerprint density at radius 1 is 0.257 bits per heavy atom. The topological polar surface area (TPSA) is 172 Å². The van der Waals surface area contributed by atoms with Gasteiger partial charge in [-0.05, 0) is 91.6 Å². The summed E-state index contributed by atoms with van der Waals surface area (Å²) in [5.41, 5.74) is 3.31. The van der Waals surface area contributed by atoms with Gasteiger partial charge in [0.25, 0.3) is 0 Å². The fourth-order valence-electron chi connectivity index (χ4n) is 8.45. The summed E-state index contributed by atoms with van der Waals surface area (Å²) in [5.74, 6) is 0. The van der Waals surface area contributed by atoms with Crippen LogP contribution in [-0.4, -0.2) is 38.9 Å². The van der Waals surface area contributed by atoms with Crippen molar-refractivity contribution in [2.75, 3.05) is 0 Å². The molecular weight excluding hydrogens is 1060 g/mol. The molecule has 0 saturated carbocycles. The first-order chi connectivity index (χ1) is 33.1. The van der Waals surface area contributed by atoms with Crippen molar-refractivity contribution in [3.8, 4) is 0 Å². The van der Waals surface area contributed by atoms with Crippen LogP contribution in [0.2, 0.25) is 0 Å². The van der Waals surface area contributed by atoms with Crippen molar-refractivity contribution in [2.45, 2.75) is 267 Å². The van der Waals surface area contributed by atoms with E-state index < -0.39 is 30.4 Å². The maximum atomic E-state index is 10.8. The van der Waals surface area contributed by atoms with Gasteiger partial charge in [0.2, 0.25) is 0 Å². The van der Waals surface area contributed by atoms with Gasteiger partial charge in [0, 0.05) is 0 Å². The average Bonchev–Trinajstić information content (AvgIpc) is 3.32. The van der Waals surface area contributed by atoms with Gasteiger partial charge in [-0.15, -0.1) is 0 Å². The summed E-state index contributed by atoms with van der Waals surface area (Å²) in [6.45, 7) is 6.75. The molecule has 0 aliphatic rings. The maximum absolute atomic E-state index is 10.8. The molecule has 0 amide bonds. The normalized spacial score (nSPS) is 11.6. The van der Waals surface area contributed by atoms with Crippen molar-refractivity contribution in [1.29, 1.82) is 0 Å². The Hall–Kier alpha value is -1.42. The van der Waals surface area contributed by atoms with E-state index in [-0.39, 0.29) is 50.3 Å². The summed E-state index contributed by atoms with van der Waals surface area (Å²) in [5, 5.41) is 0. The predicted octanol–water partition coefficient (Wildman–Crippen LogP) is 16.3. The zero-order valence-corrected chi connectivity index (χ0v) is 49.9. The molecule has 13 heteroatoms. The van der Waals surface area contributed by atoms with Crippen LogP contribution in [0.1, 0.15) is 249 Å². The van der Waals surface area contributed by atoms with Crippen LogP contribution in [0, 0.1) is 35.6 Å². The molecule has 3 aromatic rings. The molecule has 0 heterocycles. The molecule has 0 saturated heterocycles. The second-order valence-corrected chi connectivity index (χ2v) is 23.3. The Kier molecular flexibility index (Phi) is 43.0. The number of hydrogen-bond acceptors (Lipinski definition) is 9. The zero-order chi connectivity index (χ0) is 50.9. The Bertz CT molecular complexity index is 1760. The van der Waals surface area contributed by atoms with Crippen molar-refractivity contribution >= 4 is 30.4 Å². The first kappa shape index (κ1) is 68.6. The number of rotatable bonds is 39. The third-order valence-corrected chi connectivity index (χ3v) is 15.4. The van der Waals surface area contributed by atoms with Crippen LogP contribution in [0.15, 0.2) is 87.5 Å². The molecule has 9 nitrogen and oxygen atoms in total. The molecule has 396 valence electrons. The monoisotopic (exact) mass is 1160 g/mol. The number of benzene rings is 3. The van der Waals surface area contributed by atoms with E-state index in [4.69, 9.17) is 0 Å². The number of aryl methyl sites for hydroxylation is 3. The van der Waals surface area contributed by atoms with E-state index in [1.807, 2.05) is 0 Å². The summed E-state index contributed by atoms with van der Waals surface area (Å²) in [7, 11) is -12.9. The second-order valence-electron chi connectivity index (χ2n) is 19.2. The van der Waals surface area contributed by atoms with Crippen LogP contribution in [0.25, 0.3) is 0 Å². The number of hydrogen-bond donors (Lipinski definition) is 0. The van der Waals surface area contributed by atoms with Gasteiger partial charge in [0.05, 0.1) is 14.7 Å². The van der Waals surface area contributed by atoms with E-state index in [2.05, 4.69) is 20.8 Å².